The van der Waals surface area contributed by atoms with Crippen LogP contribution in [0.5, 0.6) is 0 Å². The summed E-state index contributed by atoms with van der Waals surface area (Å²) < 4.78 is 4.53. The van der Waals surface area contributed by atoms with Gasteiger partial charge in [0.2, 0.25) is 0 Å². The highest BCUT2D eigenvalue weighted by Gasteiger charge is 2.06. The average Bonchev–Trinajstić information content (AvgIpc) is 2.35. The molecular weight excluding hydrogens is 206 g/mol. The minimum atomic E-state index is -0.245. The number of rotatable bonds is 5. The van der Waals surface area contributed by atoms with Crippen LogP contribution in [0.15, 0.2) is 35.5 Å². The van der Waals surface area contributed by atoms with E-state index in [1.54, 1.807) is 0 Å². The molecule has 0 spiro atoms. The van der Waals surface area contributed by atoms with Gasteiger partial charge in [-0.3, -0.25) is 4.79 Å². The lowest BCUT2D eigenvalue weighted by molar-refractivity contribution is -0.140. The van der Waals surface area contributed by atoms with Gasteiger partial charge in [-0.25, -0.2) is 0 Å². The molecule has 0 saturated heterocycles. The Balaban J connectivity index is 2.49. The molecule has 0 aliphatic carbocycles. The maximum atomic E-state index is 10.9. The van der Waals surface area contributed by atoms with Crippen molar-refractivity contribution >= 4 is 11.7 Å². The summed E-state index contributed by atoms with van der Waals surface area (Å²) in [5, 5.41) is 12.1. The molecule has 0 fully saturated rings. The van der Waals surface area contributed by atoms with Gasteiger partial charge in [-0.2, -0.15) is 0 Å². The topological polar surface area (TPSA) is 58.9 Å². The minimum Gasteiger partial charge on any atom is -0.469 e. The fourth-order valence-corrected chi connectivity index (χ4v) is 1.38. The van der Waals surface area contributed by atoms with Gasteiger partial charge in [0, 0.05) is 6.42 Å². The van der Waals surface area contributed by atoms with Crippen molar-refractivity contribution in [2.24, 2.45) is 5.16 Å². The molecule has 4 nitrogen and oxygen atoms in total. The fourth-order valence-electron chi connectivity index (χ4n) is 1.38. The number of carbonyl (C=O) groups excluding carboxylic acids is 1. The lowest BCUT2D eigenvalue weighted by Crippen LogP contribution is -2.04. The number of methoxy groups -OCH3 is 1. The normalized spacial score (nSPS) is 11.2. The van der Waals surface area contributed by atoms with E-state index in [9.17, 15) is 4.79 Å². The van der Waals surface area contributed by atoms with E-state index in [1.165, 1.54) is 7.11 Å². The molecule has 1 aromatic rings. The zero-order valence-electron chi connectivity index (χ0n) is 9.22. The molecule has 1 N–H and O–H groups in total. The summed E-state index contributed by atoms with van der Waals surface area (Å²) in [6.07, 6.45) is 1.50. The minimum absolute atomic E-state index is 0.245. The van der Waals surface area contributed by atoms with Gasteiger partial charge in [0.05, 0.1) is 12.8 Å². The number of hydrogen-bond acceptors (Lipinski definition) is 4. The molecule has 0 radical (unpaired) electrons. The first-order chi connectivity index (χ1) is 7.77. The highest BCUT2D eigenvalue weighted by Crippen LogP contribution is 2.08. The van der Waals surface area contributed by atoms with Crippen molar-refractivity contribution in [2.75, 3.05) is 7.11 Å². The number of esters is 1. The van der Waals surface area contributed by atoms with Crippen molar-refractivity contribution in [3.05, 3.63) is 35.9 Å². The van der Waals surface area contributed by atoms with E-state index in [0.29, 0.717) is 25.0 Å². The molecule has 86 valence electrons. The van der Waals surface area contributed by atoms with Crippen LogP contribution in [-0.4, -0.2) is 24.0 Å². The number of carbonyl (C=O) groups is 1. The molecule has 1 aromatic carbocycles. The van der Waals surface area contributed by atoms with E-state index in [4.69, 9.17) is 5.21 Å². The van der Waals surface area contributed by atoms with Crippen molar-refractivity contribution in [2.45, 2.75) is 19.3 Å². The maximum Gasteiger partial charge on any atom is 0.305 e. The Morgan fingerprint density at radius 3 is 2.56 bits per heavy atom. The van der Waals surface area contributed by atoms with Gasteiger partial charge in [0.25, 0.3) is 0 Å². The van der Waals surface area contributed by atoms with Gasteiger partial charge < -0.3 is 9.94 Å². The van der Waals surface area contributed by atoms with Crippen molar-refractivity contribution in [3.63, 3.8) is 0 Å². The molecule has 0 aliphatic rings. The smallest absolute Gasteiger partial charge is 0.305 e. The van der Waals surface area contributed by atoms with Crippen LogP contribution in [0.2, 0.25) is 0 Å². The summed E-state index contributed by atoms with van der Waals surface area (Å²) in [6, 6.07) is 9.38. The third kappa shape index (κ3) is 3.73. The van der Waals surface area contributed by atoms with Crippen LogP contribution >= 0.6 is 0 Å². The second-order valence-electron chi connectivity index (χ2n) is 3.34. The van der Waals surface area contributed by atoms with Crippen LogP contribution in [0, 0.1) is 0 Å². The van der Waals surface area contributed by atoms with Gasteiger partial charge in [0.15, 0.2) is 0 Å². The largest absolute Gasteiger partial charge is 0.469 e. The molecule has 4 heteroatoms. The van der Waals surface area contributed by atoms with E-state index >= 15 is 0 Å². The van der Waals surface area contributed by atoms with Gasteiger partial charge in [-0.1, -0.05) is 35.5 Å². The van der Waals surface area contributed by atoms with E-state index in [0.717, 1.165) is 5.56 Å². The summed E-state index contributed by atoms with van der Waals surface area (Å²) in [5.74, 6) is -0.245. The van der Waals surface area contributed by atoms with Crippen LogP contribution in [0.4, 0.5) is 0 Å². The number of hydrogen-bond donors (Lipinski definition) is 1. The standard InChI is InChI=1S/C12H15NO3/c1-16-12(14)9-5-8-11(13-15)10-6-3-2-4-7-10/h2-4,6-7,15H,5,8-9H2,1H3. The molecule has 0 aliphatic heterocycles. The van der Waals surface area contributed by atoms with Crippen molar-refractivity contribution in [3.8, 4) is 0 Å². The SMILES string of the molecule is COC(=O)CCCC(=NO)c1ccccc1. The summed E-state index contributed by atoms with van der Waals surface area (Å²) in [4.78, 5) is 10.9. The van der Waals surface area contributed by atoms with Crippen LogP contribution in [0.3, 0.4) is 0 Å². The lowest BCUT2D eigenvalue weighted by Gasteiger charge is -2.03. The Hall–Kier alpha value is -1.84. The van der Waals surface area contributed by atoms with Crippen molar-refractivity contribution in [1.82, 2.24) is 0 Å². The molecule has 1 rings (SSSR count). The Morgan fingerprint density at radius 1 is 1.31 bits per heavy atom. The maximum absolute atomic E-state index is 10.9. The zero-order valence-corrected chi connectivity index (χ0v) is 9.22. The van der Waals surface area contributed by atoms with E-state index in [2.05, 4.69) is 9.89 Å². The Kier molecular flexibility index (Phi) is 5.05. The predicted molar refractivity (Wildman–Crippen MR) is 60.6 cm³/mol. The van der Waals surface area contributed by atoms with Crippen LogP contribution in [0.1, 0.15) is 24.8 Å². The number of oxime groups is 1. The van der Waals surface area contributed by atoms with E-state index in [-0.39, 0.29) is 5.97 Å². The molecule has 0 atom stereocenters. The van der Waals surface area contributed by atoms with Gasteiger partial charge >= 0.3 is 5.97 Å². The van der Waals surface area contributed by atoms with Gasteiger partial charge in [0.1, 0.15) is 0 Å². The first-order valence-electron chi connectivity index (χ1n) is 5.11. The Morgan fingerprint density at radius 2 is 2.00 bits per heavy atom. The first-order valence-corrected chi connectivity index (χ1v) is 5.11. The molecule has 0 bridgehead atoms. The average molecular weight is 221 g/mol. The van der Waals surface area contributed by atoms with Crippen LogP contribution in [-0.2, 0) is 9.53 Å². The first kappa shape index (κ1) is 12.2. The molecule has 0 saturated carbocycles. The quantitative estimate of drug-likeness (QED) is 0.359. The lowest BCUT2D eigenvalue weighted by atomic mass is 10.0. The molecule has 16 heavy (non-hydrogen) atoms. The Bertz CT molecular complexity index is 360. The second-order valence-corrected chi connectivity index (χ2v) is 3.34. The summed E-state index contributed by atoms with van der Waals surface area (Å²) in [6.45, 7) is 0. The summed E-state index contributed by atoms with van der Waals surface area (Å²) in [5.41, 5.74) is 1.46. The van der Waals surface area contributed by atoms with Crippen molar-refractivity contribution in [1.29, 1.82) is 0 Å². The van der Waals surface area contributed by atoms with Crippen LogP contribution in [0.25, 0.3) is 0 Å². The summed E-state index contributed by atoms with van der Waals surface area (Å²) in [7, 11) is 1.36. The highest BCUT2D eigenvalue weighted by atomic mass is 16.5. The van der Waals surface area contributed by atoms with Gasteiger partial charge in [-0.05, 0) is 18.4 Å². The third-order valence-electron chi connectivity index (χ3n) is 2.25. The molecule has 0 heterocycles. The highest BCUT2D eigenvalue weighted by molar-refractivity contribution is 6.00. The number of ether oxygens (including phenoxy) is 1. The molecule has 0 aromatic heterocycles. The van der Waals surface area contributed by atoms with Crippen LogP contribution < -0.4 is 0 Å². The predicted octanol–water partition coefficient (Wildman–Crippen LogP) is 2.21. The summed E-state index contributed by atoms with van der Waals surface area (Å²) >= 11 is 0. The van der Waals surface area contributed by atoms with Crippen molar-refractivity contribution < 1.29 is 14.7 Å². The second kappa shape index (κ2) is 6.61. The zero-order chi connectivity index (χ0) is 11.8. The molecule has 0 unspecified atom stereocenters. The van der Waals surface area contributed by atoms with E-state index in [1.807, 2.05) is 30.3 Å². The Labute approximate surface area is 94.5 Å². The molecular formula is C12H15NO3. The number of nitrogens with zero attached hydrogens (tertiary/aromatic N) is 1. The number of benzene rings is 1. The fraction of sp³-hybridized carbons (Fsp3) is 0.333. The monoisotopic (exact) mass is 221 g/mol. The third-order valence-corrected chi connectivity index (χ3v) is 2.25. The molecule has 0 amide bonds. The van der Waals surface area contributed by atoms with E-state index < -0.39 is 0 Å². The van der Waals surface area contributed by atoms with Gasteiger partial charge in [-0.15, -0.1) is 0 Å².